The second kappa shape index (κ2) is 8.67. The number of piperazine rings is 1. The van der Waals surface area contributed by atoms with Crippen molar-refractivity contribution in [3.63, 3.8) is 0 Å². The average molecular weight is 451 g/mol. The van der Waals surface area contributed by atoms with Gasteiger partial charge in [0, 0.05) is 50.2 Å². The van der Waals surface area contributed by atoms with Gasteiger partial charge in [0.15, 0.2) is 5.75 Å². The zero-order chi connectivity index (χ0) is 22.9. The molecule has 0 N–H and O–H groups in total. The van der Waals surface area contributed by atoms with Gasteiger partial charge in [-0.3, -0.25) is 14.9 Å². The Labute approximate surface area is 181 Å². The van der Waals surface area contributed by atoms with Crippen molar-refractivity contribution in [2.45, 2.75) is 32.2 Å². The van der Waals surface area contributed by atoms with Gasteiger partial charge in [-0.05, 0) is 39.0 Å². The summed E-state index contributed by atoms with van der Waals surface area (Å²) in [6.45, 7) is 7.35. The minimum absolute atomic E-state index is 0.0101. The molecule has 168 valence electrons. The highest BCUT2D eigenvalue weighted by Gasteiger charge is 2.32. The molecule has 0 saturated carbocycles. The molecule has 10 nitrogen and oxygen atoms in total. The molecule has 1 aliphatic heterocycles. The highest BCUT2D eigenvalue weighted by molar-refractivity contribution is 7.89. The molecule has 0 aliphatic carbocycles. The normalized spacial score (nSPS) is 15.2. The van der Waals surface area contributed by atoms with Crippen LogP contribution in [-0.2, 0) is 16.6 Å². The molecular weight excluding hydrogens is 424 g/mol. The third-order valence-electron chi connectivity index (χ3n) is 5.63. The number of carbonyl (C=O) groups is 1. The molecule has 2 heterocycles. The molecule has 0 atom stereocenters. The van der Waals surface area contributed by atoms with Crippen LogP contribution in [0, 0.1) is 24.0 Å². The fourth-order valence-electron chi connectivity index (χ4n) is 3.93. The number of hydrogen-bond donors (Lipinski definition) is 0. The predicted octanol–water partition coefficient (Wildman–Crippen LogP) is 2.19. The monoisotopic (exact) mass is 450 g/mol. The van der Waals surface area contributed by atoms with Crippen molar-refractivity contribution in [1.29, 1.82) is 0 Å². The Bertz CT molecular complexity index is 1120. The van der Waals surface area contributed by atoms with Crippen molar-refractivity contribution in [2.75, 3.05) is 33.3 Å². The lowest BCUT2D eigenvalue weighted by molar-refractivity contribution is -0.386. The number of benzene rings is 1. The molecule has 1 saturated heterocycles. The fraction of sp³-hybridized carbons (Fsp3) is 0.450. The number of aryl methyl sites for hydroxylation is 1. The quantitative estimate of drug-likeness (QED) is 0.492. The summed E-state index contributed by atoms with van der Waals surface area (Å²) < 4.78 is 34.3. The molecule has 3 rings (SSSR count). The highest BCUT2D eigenvalue weighted by Crippen LogP contribution is 2.31. The van der Waals surface area contributed by atoms with E-state index in [1.165, 1.54) is 23.5 Å². The number of nitro benzene ring substituents is 1. The van der Waals surface area contributed by atoms with Crippen molar-refractivity contribution in [3.05, 3.63) is 51.3 Å². The van der Waals surface area contributed by atoms with E-state index in [1.807, 2.05) is 26.8 Å². The Balaban J connectivity index is 1.77. The van der Waals surface area contributed by atoms with Gasteiger partial charge >= 0.3 is 5.69 Å². The topological polar surface area (TPSA) is 115 Å². The zero-order valence-electron chi connectivity index (χ0n) is 18.0. The first-order chi connectivity index (χ1) is 14.6. The number of nitro groups is 1. The Morgan fingerprint density at radius 3 is 2.32 bits per heavy atom. The maximum atomic E-state index is 13.0. The molecule has 1 aromatic carbocycles. The van der Waals surface area contributed by atoms with Crippen molar-refractivity contribution in [2.24, 2.45) is 0 Å². The molecule has 1 aromatic heterocycles. The minimum atomic E-state index is -3.94. The first kappa shape index (κ1) is 22.8. The van der Waals surface area contributed by atoms with E-state index in [-0.39, 0.29) is 42.7 Å². The SMILES string of the molecule is CCn1c(C)cc(C(=O)N2CCN(S(=O)(=O)c3ccc(OC)c([N+](=O)[O-])c3)CC2)c1C. The number of nitrogens with zero attached hydrogens (tertiary/aromatic N) is 4. The van der Waals surface area contributed by atoms with E-state index in [4.69, 9.17) is 4.74 Å². The minimum Gasteiger partial charge on any atom is -0.490 e. The number of aromatic nitrogens is 1. The number of amides is 1. The second-order valence-electron chi connectivity index (χ2n) is 7.32. The molecule has 1 aliphatic rings. The molecule has 11 heteroatoms. The lowest BCUT2D eigenvalue weighted by Gasteiger charge is -2.34. The Morgan fingerprint density at radius 1 is 1.16 bits per heavy atom. The van der Waals surface area contributed by atoms with Gasteiger partial charge in [0.2, 0.25) is 10.0 Å². The smallest absolute Gasteiger partial charge is 0.312 e. The summed E-state index contributed by atoms with van der Waals surface area (Å²) in [7, 11) is -2.66. The first-order valence-electron chi connectivity index (χ1n) is 9.90. The maximum absolute atomic E-state index is 13.0. The molecular formula is C20H26N4O6S. The van der Waals surface area contributed by atoms with Crippen LogP contribution < -0.4 is 4.74 Å². The second-order valence-corrected chi connectivity index (χ2v) is 9.25. The first-order valence-corrected chi connectivity index (χ1v) is 11.3. The zero-order valence-corrected chi connectivity index (χ0v) is 18.8. The van der Waals surface area contributed by atoms with Gasteiger partial charge in [0.25, 0.3) is 5.91 Å². The maximum Gasteiger partial charge on any atom is 0.312 e. The number of rotatable bonds is 6. The molecule has 2 aromatic rings. The Kier molecular flexibility index (Phi) is 6.37. The molecule has 1 fully saturated rings. The standard InChI is InChI=1S/C20H26N4O6S/c1-5-23-14(2)12-17(15(23)3)20(25)21-8-10-22(11-9-21)31(28,29)16-6-7-19(30-4)18(13-16)24(26)27/h6-7,12-13H,5,8-11H2,1-4H3. The van der Waals surface area contributed by atoms with Gasteiger partial charge in [-0.2, -0.15) is 4.31 Å². The summed E-state index contributed by atoms with van der Waals surface area (Å²) >= 11 is 0. The molecule has 0 radical (unpaired) electrons. The number of ether oxygens (including phenoxy) is 1. The van der Waals surface area contributed by atoms with Gasteiger partial charge < -0.3 is 14.2 Å². The Hall–Kier alpha value is -2.92. The molecule has 31 heavy (non-hydrogen) atoms. The third kappa shape index (κ3) is 4.15. The lowest BCUT2D eigenvalue weighted by atomic mass is 10.2. The van der Waals surface area contributed by atoms with E-state index in [1.54, 1.807) is 4.90 Å². The van der Waals surface area contributed by atoms with E-state index >= 15 is 0 Å². The molecule has 1 amide bonds. The van der Waals surface area contributed by atoms with Crippen molar-refractivity contribution in [1.82, 2.24) is 13.8 Å². The van der Waals surface area contributed by atoms with E-state index < -0.39 is 20.6 Å². The van der Waals surface area contributed by atoms with Crippen molar-refractivity contribution in [3.8, 4) is 5.75 Å². The van der Waals surface area contributed by atoms with E-state index in [0.717, 1.165) is 24.0 Å². The van der Waals surface area contributed by atoms with Crippen molar-refractivity contribution < 1.29 is 22.9 Å². The average Bonchev–Trinajstić information content (AvgIpc) is 3.05. The van der Waals surface area contributed by atoms with Crippen LogP contribution >= 0.6 is 0 Å². The highest BCUT2D eigenvalue weighted by atomic mass is 32.2. The van der Waals surface area contributed by atoms with E-state index in [2.05, 4.69) is 4.57 Å². The van der Waals surface area contributed by atoms with Crippen LogP contribution in [-0.4, -0.2) is 66.3 Å². The summed E-state index contributed by atoms with van der Waals surface area (Å²) in [5.41, 5.74) is 2.11. The summed E-state index contributed by atoms with van der Waals surface area (Å²) in [6.07, 6.45) is 0. The van der Waals surface area contributed by atoms with Crippen LogP contribution in [0.25, 0.3) is 0 Å². The molecule has 0 unspecified atom stereocenters. The fourth-order valence-corrected chi connectivity index (χ4v) is 5.37. The van der Waals surface area contributed by atoms with E-state index in [0.29, 0.717) is 5.56 Å². The number of hydrogen-bond acceptors (Lipinski definition) is 6. The summed E-state index contributed by atoms with van der Waals surface area (Å²) in [5, 5.41) is 11.2. The summed E-state index contributed by atoms with van der Waals surface area (Å²) in [6, 6.07) is 5.43. The summed E-state index contributed by atoms with van der Waals surface area (Å²) in [5.74, 6) is -0.131. The molecule has 0 spiro atoms. The molecule has 0 bridgehead atoms. The van der Waals surface area contributed by atoms with Gasteiger partial charge in [-0.1, -0.05) is 0 Å². The van der Waals surface area contributed by atoms with Gasteiger partial charge in [-0.15, -0.1) is 0 Å². The van der Waals surface area contributed by atoms with Gasteiger partial charge in [0.1, 0.15) is 0 Å². The van der Waals surface area contributed by atoms with Crippen LogP contribution in [0.5, 0.6) is 5.75 Å². The van der Waals surface area contributed by atoms with Gasteiger partial charge in [0.05, 0.1) is 22.5 Å². The largest absolute Gasteiger partial charge is 0.490 e. The van der Waals surface area contributed by atoms with Crippen molar-refractivity contribution >= 4 is 21.6 Å². The lowest BCUT2D eigenvalue weighted by Crippen LogP contribution is -2.50. The van der Waals surface area contributed by atoms with Crippen LogP contribution in [0.15, 0.2) is 29.2 Å². The van der Waals surface area contributed by atoms with Gasteiger partial charge in [-0.25, -0.2) is 8.42 Å². The van der Waals surface area contributed by atoms with Crippen LogP contribution in [0.2, 0.25) is 0 Å². The van der Waals surface area contributed by atoms with E-state index in [9.17, 15) is 23.3 Å². The third-order valence-corrected chi connectivity index (χ3v) is 7.53. The summed E-state index contributed by atoms with van der Waals surface area (Å²) in [4.78, 5) is 25.0. The predicted molar refractivity (Wildman–Crippen MR) is 114 cm³/mol. The Morgan fingerprint density at radius 2 is 1.81 bits per heavy atom. The van der Waals surface area contributed by atoms with Crippen LogP contribution in [0.4, 0.5) is 5.69 Å². The van der Waals surface area contributed by atoms with Crippen LogP contribution in [0.1, 0.15) is 28.7 Å². The number of methoxy groups -OCH3 is 1. The van der Waals surface area contributed by atoms with Crippen LogP contribution in [0.3, 0.4) is 0 Å². The number of sulfonamides is 1. The number of carbonyl (C=O) groups excluding carboxylic acids is 1.